The van der Waals surface area contributed by atoms with Gasteiger partial charge < -0.3 is 9.47 Å². The number of aryl methyl sites for hydroxylation is 2. The van der Waals surface area contributed by atoms with Crippen molar-refractivity contribution in [2.24, 2.45) is 7.05 Å². The summed E-state index contributed by atoms with van der Waals surface area (Å²) in [4.78, 5) is 12.3. The van der Waals surface area contributed by atoms with Crippen molar-refractivity contribution in [3.05, 3.63) is 46.8 Å². The number of carbonyl (C=O) groups excluding carboxylic acids is 1. The summed E-state index contributed by atoms with van der Waals surface area (Å²) in [5, 5.41) is 4.21. The number of methoxy groups -OCH3 is 1. The van der Waals surface area contributed by atoms with E-state index >= 15 is 0 Å². The standard InChI is InChI=1S/C17H18F2N2O3/c1-10-16(11(2)21(3)20-10)13(22)7-5-12-6-8-14(24-17(18)19)15(9-12)23-4/h5-9,17H,1-4H3/b7-5+. The van der Waals surface area contributed by atoms with Crippen LogP contribution in [-0.4, -0.2) is 29.3 Å². The van der Waals surface area contributed by atoms with Crippen molar-refractivity contribution in [1.82, 2.24) is 9.78 Å². The second-order valence-corrected chi connectivity index (χ2v) is 5.16. The van der Waals surface area contributed by atoms with Gasteiger partial charge in [0.25, 0.3) is 0 Å². The molecule has 0 aliphatic carbocycles. The Labute approximate surface area is 138 Å². The van der Waals surface area contributed by atoms with Crippen molar-refractivity contribution in [2.75, 3.05) is 7.11 Å². The number of ketones is 1. The number of rotatable bonds is 6. The molecule has 128 valence electrons. The molecule has 0 unspecified atom stereocenters. The highest BCUT2D eigenvalue weighted by Crippen LogP contribution is 2.30. The van der Waals surface area contributed by atoms with Gasteiger partial charge in [-0.2, -0.15) is 13.9 Å². The lowest BCUT2D eigenvalue weighted by molar-refractivity contribution is -0.0512. The summed E-state index contributed by atoms with van der Waals surface area (Å²) in [5.41, 5.74) is 2.61. The van der Waals surface area contributed by atoms with Crippen LogP contribution in [0.4, 0.5) is 8.78 Å². The van der Waals surface area contributed by atoms with E-state index in [0.717, 1.165) is 5.69 Å². The molecule has 0 aliphatic rings. The molecule has 0 bridgehead atoms. The third-order valence-corrected chi connectivity index (χ3v) is 3.59. The third kappa shape index (κ3) is 3.79. The van der Waals surface area contributed by atoms with Gasteiger partial charge >= 0.3 is 6.61 Å². The first-order valence-corrected chi connectivity index (χ1v) is 7.19. The Hall–Kier alpha value is -2.70. The summed E-state index contributed by atoms with van der Waals surface area (Å²) in [6.07, 6.45) is 3.00. The number of halogens is 2. The lowest BCUT2D eigenvalue weighted by atomic mass is 10.1. The Kier molecular flexibility index (Phi) is 5.33. The number of hydrogen-bond donors (Lipinski definition) is 0. The van der Waals surface area contributed by atoms with Crippen molar-refractivity contribution in [2.45, 2.75) is 20.5 Å². The molecule has 0 saturated carbocycles. The average Bonchev–Trinajstić information content (AvgIpc) is 2.78. The van der Waals surface area contributed by atoms with E-state index in [-0.39, 0.29) is 17.3 Å². The molecule has 1 heterocycles. The molecule has 0 fully saturated rings. The molecule has 0 saturated heterocycles. The molecule has 2 rings (SSSR count). The van der Waals surface area contributed by atoms with E-state index in [1.807, 2.05) is 6.92 Å². The maximum Gasteiger partial charge on any atom is 0.387 e. The van der Waals surface area contributed by atoms with E-state index in [4.69, 9.17) is 4.74 Å². The SMILES string of the molecule is COc1cc(/C=C/C(=O)c2c(C)nn(C)c2C)ccc1OC(F)F. The molecular formula is C17H18F2N2O3. The molecule has 1 aromatic carbocycles. The number of nitrogens with zero attached hydrogens (tertiary/aromatic N) is 2. The maximum atomic E-state index is 12.3. The summed E-state index contributed by atoms with van der Waals surface area (Å²) in [6.45, 7) is 0.659. The van der Waals surface area contributed by atoms with Gasteiger partial charge in [0.15, 0.2) is 17.3 Å². The monoisotopic (exact) mass is 336 g/mol. The number of aromatic nitrogens is 2. The van der Waals surface area contributed by atoms with E-state index in [9.17, 15) is 13.6 Å². The van der Waals surface area contributed by atoms with Crippen molar-refractivity contribution >= 4 is 11.9 Å². The van der Waals surface area contributed by atoms with Crippen LogP contribution >= 0.6 is 0 Å². The normalized spacial score (nSPS) is 11.3. The Balaban J connectivity index is 2.24. The van der Waals surface area contributed by atoms with Gasteiger partial charge in [0, 0.05) is 12.7 Å². The van der Waals surface area contributed by atoms with Gasteiger partial charge in [0.2, 0.25) is 0 Å². The van der Waals surface area contributed by atoms with Crippen molar-refractivity contribution in [3.8, 4) is 11.5 Å². The minimum absolute atomic E-state index is 0.0603. The number of ether oxygens (including phenoxy) is 2. The van der Waals surface area contributed by atoms with Gasteiger partial charge in [-0.15, -0.1) is 0 Å². The predicted molar refractivity (Wildman–Crippen MR) is 85.7 cm³/mol. The molecular weight excluding hydrogens is 318 g/mol. The van der Waals surface area contributed by atoms with Crippen LogP contribution in [0.1, 0.15) is 27.3 Å². The quantitative estimate of drug-likeness (QED) is 0.598. The summed E-state index contributed by atoms with van der Waals surface area (Å²) in [7, 11) is 3.13. The molecule has 0 atom stereocenters. The first-order chi connectivity index (χ1) is 11.3. The van der Waals surface area contributed by atoms with Crippen LogP contribution in [0, 0.1) is 13.8 Å². The molecule has 0 aliphatic heterocycles. The van der Waals surface area contributed by atoms with Crippen molar-refractivity contribution in [3.63, 3.8) is 0 Å². The largest absolute Gasteiger partial charge is 0.493 e. The van der Waals surface area contributed by atoms with Crippen molar-refractivity contribution in [1.29, 1.82) is 0 Å². The van der Waals surface area contributed by atoms with Gasteiger partial charge in [-0.1, -0.05) is 12.1 Å². The Morgan fingerprint density at radius 2 is 2.00 bits per heavy atom. The molecule has 0 N–H and O–H groups in total. The fraction of sp³-hybridized carbons (Fsp3) is 0.294. The zero-order valence-corrected chi connectivity index (χ0v) is 13.8. The van der Waals surface area contributed by atoms with Crippen LogP contribution < -0.4 is 9.47 Å². The number of carbonyl (C=O) groups is 1. The smallest absolute Gasteiger partial charge is 0.387 e. The van der Waals surface area contributed by atoms with Gasteiger partial charge in [0.1, 0.15) is 0 Å². The van der Waals surface area contributed by atoms with Crippen LogP contribution in [-0.2, 0) is 7.05 Å². The highest BCUT2D eigenvalue weighted by molar-refractivity contribution is 6.08. The summed E-state index contributed by atoms with van der Waals surface area (Å²) >= 11 is 0. The number of hydrogen-bond acceptors (Lipinski definition) is 4. The van der Waals surface area contributed by atoms with Gasteiger partial charge in [-0.25, -0.2) is 0 Å². The predicted octanol–water partition coefficient (Wildman–Crippen LogP) is 3.54. The summed E-state index contributed by atoms with van der Waals surface area (Å²) in [5.74, 6) is -0.0708. The molecule has 1 aromatic heterocycles. The van der Waals surface area contributed by atoms with Crippen LogP contribution in [0.25, 0.3) is 6.08 Å². The minimum atomic E-state index is -2.93. The van der Waals surface area contributed by atoms with Crippen LogP contribution in [0.5, 0.6) is 11.5 Å². The Bertz CT molecular complexity index is 782. The molecule has 0 radical (unpaired) electrons. The zero-order chi connectivity index (χ0) is 17.9. The van der Waals surface area contributed by atoms with E-state index < -0.39 is 6.61 Å². The molecule has 0 amide bonds. The van der Waals surface area contributed by atoms with Gasteiger partial charge in [-0.3, -0.25) is 9.48 Å². The number of alkyl halides is 2. The van der Waals surface area contributed by atoms with Crippen LogP contribution in [0.2, 0.25) is 0 Å². The zero-order valence-electron chi connectivity index (χ0n) is 13.8. The van der Waals surface area contributed by atoms with E-state index in [1.54, 1.807) is 30.8 Å². The summed E-state index contributed by atoms with van der Waals surface area (Å²) in [6, 6.07) is 4.45. The minimum Gasteiger partial charge on any atom is -0.493 e. The third-order valence-electron chi connectivity index (χ3n) is 3.59. The molecule has 2 aromatic rings. The second kappa shape index (κ2) is 7.25. The number of allylic oxidation sites excluding steroid dienone is 1. The first kappa shape index (κ1) is 17.7. The van der Waals surface area contributed by atoms with Crippen molar-refractivity contribution < 1.29 is 23.0 Å². The fourth-order valence-electron chi connectivity index (χ4n) is 2.37. The van der Waals surface area contributed by atoms with Gasteiger partial charge in [-0.05, 0) is 37.6 Å². The lowest BCUT2D eigenvalue weighted by Crippen LogP contribution is -2.03. The highest BCUT2D eigenvalue weighted by Gasteiger charge is 2.15. The van der Waals surface area contributed by atoms with Gasteiger partial charge in [0.05, 0.1) is 18.4 Å². The van der Waals surface area contributed by atoms with Crippen LogP contribution in [0.15, 0.2) is 24.3 Å². The summed E-state index contributed by atoms with van der Waals surface area (Å²) < 4.78 is 35.7. The molecule has 24 heavy (non-hydrogen) atoms. The second-order valence-electron chi connectivity index (χ2n) is 5.16. The fourth-order valence-corrected chi connectivity index (χ4v) is 2.37. The number of benzene rings is 1. The molecule has 5 nitrogen and oxygen atoms in total. The van der Waals surface area contributed by atoms with E-state index in [2.05, 4.69) is 9.84 Å². The maximum absolute atomic E-state index is 12.3. The van der Waals surface area contributed by atoms with Crippen LogP contribution in [0.3, 0.4) is 0 Å². The Morgan fingerprint density at radius 1 is 1.29 bits per heavy atom. The topological polar surface area (TPSA) is 53.3 Å². The lowest BCUT2D eigenvalue weighted by Gasteiger charge is -2.10. The Morgan fingerprint density at radius 3 is 2.54 bits per heavy atom. The first-order valence-electron chi connectivity index (χ1n) is 7.19. The van der Waals surface area contributed by atoms with E-state index in [1.165, 1.54) is 25.3 Å². The molecule has 7 heteroatoms. The average molecular weight is 336 g/mol. The highest BCUT2D eigenvalue weighted by atomic mass is 19.3. The molecule has 0 spiro atoms. The van der Waals surface area contributed by atoms with E-state index in [0.29, 0.717) is 16.8 Å².